The van der Waals surface area contributed by atoms with Crippen LogP contribution in [0.1, 0.15) is 35.8 Å². The molecule has 1 heterocycles. The fraction of sp³-hybridized carbons (Fsp3) is 0.385. The highest BCUT2D eigenvalue weighted by atomic mass is 19.4. The minimum atomic E-state index is -4.32. The molecule has 0 aliphatic heterocycles. The van der Waals surface area contributed by atoms with Gasteiger partial charge in [0.05, 0.1) is 11.6 Å². The van der Waals surface area contributed by atoms with Crippen molar-refractivity contribution >= 4 is 0 Å². The van der Waals surface area contributed by atoms with E-state index in [0.29, 0.717) is 23.7 Å². The van der Waals surface area contributed by atoms with Gasteiger partial charge in [0, 0.05) is 6.42 Å². The largest absolute Gasteiger partial charge is 0.416 e. The molecule has 4 nitrogen and oxygen atoms in total. The molecule has 20 heavy (non-hydrogen) atoms. The van der Waals surface area contributed by atoms with E-state index in [1.54, 1.807) is 7.05 Å². The van der Waals surface area contributed by atoms with E-state index in [-0.39, 0.29) is 6.04 Å². The maximum Gasteiger partial charge on any atom is 0.416 e. The second-order valence-corrected chi connectivity index (χ2v) is 4.43. The first kappa shape index (κ1) is 14.5. The average Bonchev–Trinajstić information content (AvgIpc) is 2.86. The van der Waals surface area contributed by atoms with Crippen LogP contribution in [-0.4, -0.2) is 17.2 Å². The summed E-state index contributed by atoms with van der Waals surface area (Å²) in [7, 11) is 1.77. The van der Waals surface area contributed by atoms with E-state index in [1.807, 2.05) is 6.92 Å². The monoisotopic (exact) mass is 285 g/mol. The Morgan fingerprint density at radius 2 is 1.90 bits per heavy atom. The van der Waals surface area contributed by atoms with Crippen LogP contribution in [0.25, 0.3) is 0 Å². The van der Waals surface area contributed by atoms with Gasteiger partial charge in [-0.25, -0.2) is 0 Å². The lowest BCUT2D eigenvalue weighted by molar-refractivity contribution is -0.137. The van der Waals surface area contributed by atoms with Gasteiger partial charge in [0.15, 0.2) is 5.82 Å². The normalized spacial score (nSPS) is 13.4. The second-order valence-electron chi connectivity index (χ2n) is 4.43. The molecule has 0 fully saturated rings. The van der Waals surface area contributed by atoms with E-state index < -0.39 is 11.7 Å². The first-order valence-corrected chi connectivity index (χ1v) is 6.06. The van der Waals surface area contributed by atoms with Crippen molar-refractivity contribution in [3.05, 3.63) is 47.1 Å². The molecule has 0 aliphatic rings. The third kappa shape index (κ3) is 3.36. The Labute approximate surface area is 114 Å². The van der Waals surface area contributed by atoms with E-state index in [9.17, 15) is 13.2 Å². The van der Waals surface area contributed by atoms with Crippen molar-refractivity contribution in [1.82, 2.24) is 15.5 Å². The highest BCUT2D eigenvalue weighted by Crippen LogP contribution is 2.29. The number of rotatable bonds is 4. The molecule has 0 saturated carbocycles. The van der Waals surface area contributed by atoms with Crippen LogP contribution >= 0.6 is 0 Å². The van der Waals surface area contributed by atoms with E-state index >= 15 is 0 Å². The molecule has 2 rings (SSSR count). The number of nitrogens with zero attached hydrogens (tertiary/aromatic N) is 2. The zero-order chi connectivity index (χ0) is 14.8. The summed E-state index contributed by atoms with van der Waals surface area (Å²) in [6.45, 7) is 1.87. The molecule has 0 aliphatic carbocycles. The summed E-state index contributed by atoms with van der Waals surface area (Å²) >= 11 is 0. The highest BCUT2D eigenvalue weighted by molar-refractivity contribution is 5.26. The molecule has 1 unspecified atom stereocenters. The van der Waals surface area contributed by atoms with E-state index in [0.717, 1.165) is 12.1 Å². The molecule has 1 aromatic carbocycles. The SMILES string of the molecule is CNC(C)c1nc(Cc2ccc(C(F)(F)F)cc2)no1. The Morgan fingerprint density at radius 1 is 1.25 bits per heavy atom. The molecule has 1 atom stereocenters. The van der Waals surface area contributed by atoms with Gasteiger partial charge in [0.25, 0.3) is 0 Å². The van der Waals surface area contributed by atoms with Crippen LogP contribution in [-0.2, 0) is 12.6 Å². The molecule has 0 bridgehead atoms. The van der Waals surface area contributed by atoms with Crippen LogP contribution < -0.4 is 5.32 Å². The van der Waals surface area contributed by atoms with Crippen molar-refractivity contribution < 1.29 is 17.7 Å². The summed E-state index contributed by atoms with van der Waals surface area (Å²) in [6.07, 6.45) is -3.99. The van der Waals surface area contributed by atoms with Crippen molar-refractivity contribution in [2.45, 2.75) is 25.6 Å². The summed E-state index contributed by atoms with van der Waals surface area (Å²) in [5.41, 5.74) is 0.0290. The number of nitrogens with one attached hydrogen (secondary N) is 1. The van der Waals surface area contributed by atoms with Gasteiger partial charge in [0.1, 0.15) is 0 Å². The smallest absolute Gasteiger partial charge is 0.338 e. The quantitative estimate of drug-likeness (QED) is 0.938. The molecule has 0 radical (unpaired) electrons. The predicted molar refractivity (Wildman–Crippen MR) is 66.0 cm³/mol. The van der Waals surface area contributed by atoms with Crippen LogP contribution in [0.2, 0.25) is 0 Å². The Kier molecular flexibility index (Phi) is 4.08. The van der Waals surface area contributed by atoms with Crippen molar-refractivity contribution in [1.29, 1.82) is 0 Å². The van der Waals surface area contributed by atoms with Crippen molar-refractivity contribution in [3.63, 3.8) is 0 Å². The Balaban J connectivity index is 2.08. The third-order valence-electron chi connectivity index (χ3n) is 2.93. The van der Waals surface area contributed by atoms with E-state index in [2.05, 4.69) is 15.5 Å². The van der Waals surface area contributed by atoms with Crippen molar-refractivity contribution in [3.8, 4) is 0 Å². The topological polar surface area (TPSA) is 51.0 Å². The summed E-state index contributed by atoms with van der Waals surface area (Å²) in [6, 6.07) is 4.86. The Hall–Kier alpha value is -1.89. The molecule has 0 spiro atoms. The number of hydrogen-bond acceptors (Lipinski definition) is 4. The van der Waals surface area contributed by atoms with Crippen molar-refractivity contribution in [2.24, 2.45) is 0 Å². The van der Waals surface area contributed by atoms with E-state index in [4.69, 9.17) is 4.52 Å². The molecule has 108 valence electrons. The minimum Gasteiger partial charge on any atom is -0.338 e. The first-order valence-electron chi connectivity index (χ1n) is 6.06. The standard InChI is InChI=1S/C13H14F3N3O/c1-8(17-2)12-18-11(19-20-12)7-9-3-5-10(6-4-9)13(14,15)16/h3-6,8,17H,7H2,1-2H3. The van der Waals surface area contributed by atoms with Crippen LogP contribution in [0.15, 0.2) is 28.8 Å². The van der Waals surface area contributed by atoms with Gasteiger partial charge >= 0.3 is 6.18 Å². The minimum absolute atomic E-state index is 0.0659. The molecule has 0 amide bonds. The molecule has 0 saturated heterocycles. The maximum atomic E-state index is 12.4. The number of hydrogen-bond donors (Lipinski definition) is 1. The second kappa shape index (κ2) is 5.62. The summed E-state index contributed by atoms with van der Waals surface area (Å²) in [5.74, 6) is 0.899. The summed E-state index contributed by atoms with van der Waals surface area (Å²) in [4.78, 5) is 4.18. The van der Waals surface area contributed by atoms with Gasteiger partial charge in [-0.3, -0.25) is 0 Å². The zero-order valence-electron chi connectivity index (χ0n) is 11.0. The van der Waals surface area contributed by atoms with E-state index in [1.165, 1.54) is 12.1 Å². The van der Waals surface area contributed by atoms with Gasteiger partial charge in [-0.05, 0) is 31.7 Å². The number of benzene rings is 1. The van der Waals surface area contributed by atoms with Crippen LogP contribution in [0.5, 0.6) is 0 Å². The molecule has 1 aromatic heterocycles. The van der Waals surface area contributed by atoms with Crippen LogP contribution in [0.4, 0.5) is 13.2 Å². The van der Waals surface area contributed by atoms with Crippen molar-refractivity contribution in [2.75, 3.05) is 7.05 Å². The van der Waals surface area contributed by atoms with Gasteiger partial charge in [-0.2, -0.15) is 18.2 Å². The maximum absolute atomic E-state index is 12.4. The Morgan fingerprint density at radius 3 is 2.45 bits per heavy atom. The summed E-state index contributed by atoms with van der Waals surface area (Å²) < 4.78 is 42.4. The number of halogens is 3. The predicted octanol–water partition coefficient (Wildman–Crippen LogP) is 2.96. The molecular formula is C13H14F3N3O. The first-order chi connectivity index (χ1) is 9.40. The van der Waals surface area contributed by atoms with Gasteiger partial charge in [-0.1, -0.05) is 17.3 Å². The Bertz CT molecular complexity index is 563. The molecule has 7 heteroatoms. The van der Waals surface area contributed by atoms with Gasteiger partial charge in [-0.15, -0.1) is 0 Å². The average molecular weight is 285 g/mol. The fourth-order valence-corrected chi connectivity index (χ4v) is 1.63. The molecule has 1 N–H and O–H groups in total. The fourth-order valence-electron chi connectivity index (χ4n) is 1.63. The number of alkyl halides is 3. The summed E-state index contributed by atoms with van der Waals surface area (Å²) in [5, 5.41) is 6.76. The zero-order valence-corrected chi connectivity index (χ0v) is 11.0. The molecule has 2 aromatic rings. The third-order valence-corrected chi connectivity index (χ3v) is 2.93. The van der Waals surface area contributed by atoms with Crippen LogP contribution in [0.3, 0.4) is 0 Å². The van der Waals surface area contributed by atoms with Gasteiger partial charge in [0.2, 0.25) is 5.89 Å². The molecular weight excluding hydrogens is 271 g/mol. The lowest BCUT2D eigenvalue weighted by Gasteiger charge is -2.06. The van der Waals surface area contributed by atoms with Crippen LogP contribution in [0, 0.1) is 0 Å². The lowest BCUT2D eigenvalue weighted by atomic mass is 10.1. The highest BCUT2D eigenvalue weighted by Gasteiger charge is 2.29. The van der Waals surface area contributed by atoms with Gasteiger partial charge < -0.3 is 9.84 Å². The number of aromatic nitrogens is 2. The lowest BCUT2D eigenvalue weighted by Crippen LogP contribution is -2.12.